The predicted octanol–water partition coefficient (Wildman–Crippen LogP) is 2.80. The molecule has 0 spiro atoms. The first-order valence-corrected chi connectivity index (χ1v) is 10.2. The number of hydrogen-bond acceptors (Lipinski definition) is 5. The number of anilines is 1. The van der Waals surface area contributed by atoms with Gasteiger partial charge in [-0.15, -0.1) is 24.0 Å². The third-order valence-corrected chi connectivity index (χ3v) is 4.52. The van der Waals surface area contributed by atoms with Crippen molar-refractivity contribution in [1.29, 1.82) is 0 Å². The average molecular weight is 505 g/mol. The molecule has 2 N–H and O–H groups in total. The lowest BCUT2D eigenvalue weighted by Crippen LogP contribution is -2.38. The van der Waals surface area contributed by atoms with E-state index in [4.69, 9.17) is 9.47 Å². The Hall–Kier alpha value is -1.13. The highest BCUT2D eigenvalue weighted by atomic mass is 127. The van der Waals surface area contributed by atoms with E-state index < -0.39 is 0 Å². The number of rotatable bonds is 11. The van der Waals surface area contributed by atoms with Crippen molar-refractivity contribution in [3.05, 3.63) is 23.9 Å². The maximum atomic E-state index is 5.79. The standard InChI is InChI=1S/C20H35N5O2.HI/c1-4-21-20(22-11-7-12-27-18-10-13-26-16-18)24-15-17-8-9-19(23-14-17)25(5-2)6-3;/h8-9,14,18H,4-7,10-13,15-16H2,1-3H3,(H2,21,22,24);1H. The highest BCUT2D eigenvalue weighted by Crippen LogP contribution is 2.11. The van der Waals surface area contributed by atoms with Gasteiger partial charge in [0.05, 0.1) is 19.3 Å². The van der Waals surface area contributed by atoms with E-state index in [2.05, 4.69) is 58.4 Å². The Bertz CT molecular complexity index is 546. The highest BCUT2D eigenvalue weighted by molar-refractivity contribution is 14.0. The molecule has 1 saturated heterocycles. The van der Waals surface area contributed by atoms with Gasteiger partial charge >= 0.3 is 0 Å². The smallest absolute Gasteiger partial charge is 0.191 e. The summed E-state index contributed by atoms with van der Waals surface area (Å²) in [7, 11) is 0. The van der Waals surface area contributed by atoms with E-state index in [-0.39, 0.29) is 30.1 Å². The van der Waals surface area contributed by atoms with E-state index in [1.165, 1.54) is 0 Å². The Morgan fingerprint density at radius 2 is 2.11 bits per heavy atom. The van der Waals surface area contributed by atoms with Gasteiger partial charge in [-0.3, -0.25) is 0 Å². The largest absolute Gasteiger partial charge is 0.379 e. The number of halogens is 1. The van der Waals surface area contributed by atoms with Crippen molar-refractivity contribution in [2.24, 2.45) is 4.99 Å². The van der Waals surface area contributed by atoms with Crippen LogP contribution in [-0.2, 0) is 16.0 Å². The van der Waals surface area contributed by atoms with Gasteiger partial charge in [0.25, 0.3) is 0 Å². The van der Waals surface area contributed by atoms with Crippen LogP contribution >= 0.6 is 24.0 Å². The summed E-state index contributed by atoms with van der Waals surface area (Å²) in [6.07, 6.45) is 4.15. The predicted molar refractivity (Wildman–Crippen MR) is 126 cm³/mol. The molecule has 0 bridgehead atoms. The number of aromatic nitrogens is 1. The number of nitrogens with one attached hydrogen (secondary N) is 2. The van der Waals surface area contributed by atoms with Crippen LogP contribution < -0.4 is 15.5 Å². The van der Waals surface area contributed by atoms with Crippen molar-refractivity contribution >= 4 is 35.8 Å². The number of pyridine rings is 1. The topological polar surface area (TPSA) is 71.0 Å². The van der Waals surface area contributed by atoms with E-state index in [0.717, 1.165) is 76.2 Å². The molecule has 28 heavy (non-hydrogen) atoms. The fourth-order valence-electron chi connectivity index (χ4n) is 2.93. The maximum absolute atomic E-state index is 5.79. The van der Waals surface area contributed by atoms with Gasteiger partial charge in [-0.2, -0.15) is 0 Å². The maximum Gasteiger partial charge on any atom is 0.191 e. The zero-order valence-corrected chi connectivity index (χ0v) is 19.8. The minimum Gasteiger partial charge on any atom is -0.379 e. The number of hydrogen-bond donors (Lipinski definition) is 2. The molecule has 0 radical (unpaired) electrons. The molecule has 1 atom stereocenters. The second-order valence-corrected chi connectivity index (χ2v) is 6.53. The van der Waals surface area contributed by atoms with Crippen molar-refractivity contribution in [3.8, 4) is 0 Å². The third kappa shape index (κ3) is 8.91. The first-order chi connectivity index (χ1) is 13.3. The third-order valence-electron chi connectivity index (χ3n) is 4.52. The normalized spacial score (nSPS) is 16.5. The van der Waals surface area contributed by atoms with Crippen LogP contribution in [0.1, 0.15) is 39.2 Å². The summed E-state index contributed by atoms with van der Waals surface area (Å²) in [4.78, 5) is 11.4. The molecular formula is C20H36IN5O2. The molecule has 1 aromatic rings. The lowest BCUT2D eigenvalue weighted by atomic mass is 10.3. The monoisotopic (exact) mass is 505 g/mol. The fourth-order valence-corrected chi connectivity index (χ4v) is 2.93. The first kappa shape index (κ1) is 24.9. The van der Waals surface area contributed by atoms with Gasteiger partial charge in [0, 0.05) is 45.6 Å². The van der Waals surface area contributed by atoms with Crippen LogP contribution in [0.4, 0.5) is 5.82 Å². The second-order valence-electron chi connectivity index (χ2n) is 6.53. The molecule has 1 aliphatic rings. The molecule has 0 aliphatic carbocycles. The van der Waals surface area contributed by atoms with Gasteiger partial charge in [-0.25, -0.2) is 9.98 Å². The summed E-state index contributed by atoms with van der Waals surface area (Å²) in [6, 6.07) is 4.17. The lowest BCUT2D eigenvalue weighted by molar-refractivity contribution is 0.0420. The van der Waals surface area contributed by atoms with Crippen molar-refractivity contribution in [3.63, 3.8) is 0 Å². The Morgan fingerprint density at radius 1 is 1.29 bits per heavy atom. The number of guanidine groups is 1. The summed E-state index contributed by atoms with van der Waals surface area (Å²) in [5.74, 6) is 1.85. The van der Waals surface area contributed by atoms with Crippen LogP contribution in [0.5, 0.6) is 0 Å². The molecular weight excluding hydrogens is 469 g/mol. The Kier molecular flexibility index (Phi) is 13.2. The molecule has 7 nitrogen and oxygen atoms in total. The van der Waals surface area contributed by atoms with Crippen LogP contribution in [0.3, 0.4) is 0 Å². The molecule has 1 aliphatic heterocycles. The minimum atomic E-state index is 0. The van der Waals surface area contributed by atoms with Crippen LogP contribution in [0.15, 0.2) is 23.3 Å². The summed E-state index contributed by atoms with van der Waals surface area (Å²) in [5, 5.41) is 6.65. The van der Waals surface area contributed by atoms with Gasteiger partial charge in [-0.1, -0.05) is 6.07 Å². The van der Waals surface area contributed by atoms with E-state index >= 15 is 0 Å². The molecule has 2 rings (SSSR count). The molecule has 0 aromatic carbocycles. The van der Waals surface area contributed by atoms with E-state index in [1.807, 2.05) is 6.20 Å². The van der Waals surface area contributed by atoms with Gasteiger partial charge in [0.2, 0.25) is 0 Å². The SMILES string of the molecule is CCNC(=NCc1ccc(N(CC)CC)nc1)NCCCOC1CCOC1.I. The quantitative estimate of drug-likeness (QED) is 0.209. The second kappa shape index (κ2) is 14.8. The van der Waals surface area contributed by atoms with Crippen molar-refractivity contribution < 1.29 is 9.47 Å². The zero-order valence-electron chi connectivity index (χ0n) is 17.4. The molecule has 1 unspecified atom stereocenters. The number of nitrogens with zero attached hydrogens (tertiary/aromatic N) is 3. The van der Waals surface area contributed by atoms with Crippen molar-refractivity contribution in [2.75, 3.05) is 50.9 Å². The minimum absolute atomic E-state index is 0. The Balaban J connectivity index is 0.00000392. The molecule has 160 valence electrons. The fraction of sp³-hybridized carbons (Fsp3) is 0.700. The van der Waals surface area contributed by atoms with Crippen LogP contribution in [0.25, 0.3) is 0 Å². The molecule has 8 heteroatoms. The number of ether oxygens (including phenoxy) is 2. The molecule has 2 heterocycles. The summed E-state index contributed by atoms with van der Waals surface area (Å²) < 4.78 is 11.1. The van der Waals surface area contributed by atoms with Crippen molar-refractivity contribution in [2.45, 2.75) is 46.3 Å². The zero-order chi connectivity index (χ0) is 19.3. The van der Waals surface area contributed by atoms with Gasteiger partial charge in [0.15, 0.2) is 5.96 Å². The van der Waals surface area contributed by atoms with E-state index in [0.29, 0.717) is 6.54 Å². The number of aliphatic imine (C=N–C) groups is 1. The van der Waals surface area contributed by atoms with E-state index in [9.17, 15) is 0 Å². The van der Waals surface area contributed by atoms with Crippen LogP contribution in [-0.4, -0.2) is 63.0 Å². The molecule has 1 aromatic heterocycles. The van der Waals surface area contributed by atoms with Crippen molar-refractivity contribution in [1.82, 2.24) is 15.6 Å². The highest BCUT2D eigenvalue weighted by Gasteiger charge is 2.15. The molecule has 0 amide bonds. The van der Waals surface area contributed by atoms with Gasteiger partial charge in [0.1, 0.15) is 5.82 Å². The molecule has 0 saturated carbocycles. The summed E-state index contributed by atoms with van der Waals surface area (Å²) in [5.41, 5.74) is 1.10. The van der Waals surface area contributed by atoms with Gasteiger partial charge in [-0.05, 0) is 45.2 Å². The van der Waals surface area contributed by atoms with Gasteiger partial charge < -0.3 is 25.0 Å². The Morgan fingerprint density at radius 3 is 2.71 bits per heavy atom. The first-order valence-electron chi connectivity index (χ1n) is 10.2. The summed E-state index contributed by atoms with van der Waals surface area (Å²) >= 11 is 0. The Labute approximate surface area is 186 Å². The molecule has 1 fully saturated rings. The average Bonchev–Trinajstić information content (AvgIpc) is 3.21. The van der Waals surface area contributed by atoms with E-state index in [1.54, 1.807) is 0 Å². The lowest BCUT2D eigenvalue weighted by Gasteiger charge is -2.19. The summed E-state index contributed by atoms with van der Waals surface area (Å²) in [6.45, 7) is 12.9. The van der Waals surface area contributed by atoms with Crippen LogP contribution in [0, 0.1) is 0 Å². The van der Waals surface area contributed by atoms with Crippen LogP contribution in [0.2, 0.25) is 0 Å².